The number of nitrogens with one attached hydrogen (secondary N) is 1. The minimum Gasteiger partial charge on any atom is -0.391 e. The van der Waals surface area contributed by atoms with Gasteiger partial charge in [-0.25, -0.2) is 0 Å². The van der Waals surface area contributed by atoms with Gasteiger partial charge < -0.3 is 15.8 Å². The van der Waals surface area contributed by atoms with Crippen molar-refractivity contribution in [3.63, 3.8) is 0 Å². The number of hydrogen-bond donors (Lipinski definition) is 3. The van der Waals surface area contributed by atoms with E-state index < -0.39 is 6.10 Å². The lowest BCUT2D eigenvalue weighted by Gasteiger charge is -2.22. The van der Waals surface area contributed by atoms with Crippen LogP contribution >= 0.6 is 0 Å². The fourth-order valence-corrected chi connectivity index (χ4v) is 1.89. The van der Waals surface area contributed by atoms with E-state index in [0.717, 1.165) is 16.5 Å². The second-order valence-electron chi connectivity index (χ2n) is 4.58. The predicted molar refractivity (Wildman–Crippen MR) is 66.1 cm³/mol. The third-order valence-corrected chi connectivity index (χ3v) is 3.01. The SMILES string of the molecule is CC(C)[C@@H](O)[C@@H](N)c1ccc2[nH]ccc2c1. The van der Waals surface area contributed by atoms with Crippen molar-refractivity contribution in [2.45, 2.75) is 26.0 Å². The highest BCUT2D eigenvalue weighted by Crippen LogP contribution is 2.23. The van der Waals surface area contributed by atoms with Crippen molar-refractivity contribution in [3.05, 3.63) is 36.0 Å². The maximum Gasteiger partial charge on any atom is 0.0755 e. The van der Waals surface area contributed by atoms with Crippen molar-refractivity contribution in [2.75, 3.05) is 0 Å². The van der Waals surface area contributed by atoms with Crippen LogP contribution in [0.25, 0.3) is 10.9 Å². The molecule has 1 aromatic carbocycles. The molecule has 0 amide bonds. The average molecular weight is 218 g/mol. The van der Waals surface area contributed by atoms with Gasteiger partial charge in [0.1, 0.15) is 0 Å². The highest BCUT2D eigenvalue weighted by Gasteiger charge is 2.20. The average Bonchev–Trinajstić information content (AvgIpc) is 2.73. The number of nitrogens with two attached hydrogens (primary N) is 1. The molecule has 0 radical (unpaired) electrons. The van der Waals surface area contributed by atoms with Crippen LogP contribution in [0.1, 0.15) is 25.5 Å². The Hall–Kier alpha value is -1.32. The van der Waals surface area contributed by atoms with Crippen LogP contribution in [-0.2, 0) is 0 Å². The van der Waals surface area contributed by atoms with Gasteiger partial charge >= 0.3 is 0 Å². The molecule has 1 heterocycles. The maximum absolute atomic E-state index is 9.94. The molecule has 0 aliphatic rings. The number of hydrogen-bond acceptors (Lipinski definition) is 2. The molecule has 0 aliphatic carbocycles. The van der Waals surface area contributed by atoms with Gasteiger partial charge in [0.25, 0.3) is 0 Å². The molecule has 0 aliphatic heterocycles. The molecule has 0 unspecified atom stereocenters. The van der Waals surface area contributed by atoms with E-state index in [4.69, 9.17) is 5.73 Å². The number of H-pyrrole nitrogens is 1. The number of aromatic amines is 1. The fourth-order valence-electron chi connectivity index (χ4n) is 1.89. The van der Waals surface area contributed by atoms with Crippen molar-refractivity contribution in [2.24, 2.45) is 11.7 Å². The molecule has 0 saturated heterocycles. The van der Waals surface area contributed by atoms with Crippen LogP contribution in [0.3, 0.4) is 0 Å². The van der Waals surface area contributed by atoms with E-state index in [0.29, 0.717) is 0 Å². The largest absolute Gasteiger partial charge is 0.391 e. The highest BCUT2D eigenvalue weighted by atomic mass is 16.3. The van der Waals surface area contributed by atoms with Crippen LogP contribution in [0, 0.1) is 5.92 Å². The van der Waals surface area contributed by atoms with Crippen molar-refractivity contribution in [1.82, 2.24) is 4.98 Å². The molecule has 0 spiro atoms. The van der Waals surface area contributed by atoms with Crippen molar-refractivity contribution >= 4 is 10.9 Å². The number of rotatable bonds is 3. The molecule has 0 bridgehead atoms. The van der Waals surface area contributed by atoms with Crippen LogP contribution in [0.5, 0.6) is 0 Å². The topological polar surface area (TPSA) is 62.0 Å². The first kappa shape index (κ1) is 11.2. The number of fused-ring (bicyclic) bond motifs is 1. The second-order valence-corrected chi connectivity index (χ2v) is 4.58. The molecule has 3 nitrogen and oxygen atoms in total. The monoisotopic (exact) mass is 218 g/mol. The molecule has 1 aromatic heterocycles. The Morgan fingerprint density at radius 1 is 1.25 bits per heavy atom. The van der Waals surface area contributed by atoms with Gasteiger partial charge in [-0.2, -0.15) is 0 Å². The fraction of sp³-hybridized carbons (Fsp3) is 0.385. The Bertz CT molecular complexity index is 475. The van der Waals surface area contributed by atoms with Crippen LogP contribution in [-0.4, -0.2) is 16.2 Å². The zero-order chi connectivity index (χ0) is 11.7. The molecule has 0 fully saturated rings. The quantitative estimate of drug-likeness (QED) is 0.739. The van der Waals surface area contributed by atoms with Gasteiger partial charge in [0.15, 0.2) is 0 Å². The Kier molecular flexibility index (Phi) is 2.99. The standard InChI is InChI=1S/C13H18N2O/c1-8(2)13(16)12(14)10-3-4-11-9(7-10)5-6-15-11/h3-8,12-13,15-16H,14H2,1-2H3/t12-,13+/m0/s1. The molecule has 2 aromatic rings. The molecule has 16 heavy (non-hydrogen) atoms. The summed E-state index contributed by atoms with van der Waals surface area (Å²) in [5, 5.41) is 11.1. The predicted octanol–water partition coefficient (Wildman–Crippen LogP) is 2.18. The molecule has 86 valence electrons. The Morgan fingerprint density at radius 2 is 2.00 bits per heavy atom. The summed E-state index contributed by atoms with van der Waals surface area (Å²) in [5.41, 5.74) is 8.11. The van der Waals surface area contributed by atoms with E-state index in [-0.39, 0.29) is 12.0 Å². The van der Waals surface area contributed by atoms with E-state index in [9.17, 15) is 5.11 Å². The number of aromatic nitrogens is 1. The van der Waals surface area contributed by atoms with Crippen LogP contribution < -0.4 is 5.73 Å². The highest BCUT2D eigenvalue weighted by molar-refractivity contribution is 5.80. The first-order chi connectivity index (χ1) is 7.59. The summed E-state index contributed by atoms with van der Waals surface area (Å²) in [5.74, 6) is 0.164. The summed E-state index contributed by atoms with van der Waals surface area (Å²) in [6.07, 6.45) is 1.40. The summed E-state index contributed by atoms with van der Waals surface area (Å²) in [4.78, 5) is 3.13. The minimum atomic E-state index is -0.503. The normalized spacial score (nSPS) is 15.6. The van der Waals surface area contributed by atoms with Crippen molar-refractivity contribution in [3.8, 4) is 0 Å². The van der Waals surface area contributed by atoms with Gasteiger partial charge in [-0.05, 0) is 35.1 Å². The molecule has 3 heteroatoms. The van der Waals surface area contributed by atoms with Crippen LogP contribution in [0.15, 0.2) is 30.5 Å². The Morgan fingerprint density at radius 3 is 2.69 bits per heavy atom. The van der Waals surface area contributed by atoms with Crippen LogP contribution in [0.4, 0.5) is 0 Å². The van der Waals surface area contributed by atoms with Gasteiger partial charge in [0.2, 0.25) is 0 Å². The van der Waals surface area contributed by atoms with Gasteiger partial charge in [0.05, 0.1) is 12.1 Å². The second kappa shape index (κ2) is 4.28. The maximum atomic E-state index is 9.94. The summed E-state index contributed by atoms with van der Waals surface area (Å²) < 4.78 is 0. The molecular weight excluding hydrogens is 200 g/mol. The lowest BCUT2D eigenvalue weighted by atomic mass is 9.94. The first-order valence-corrected chi connectivity index (χ1v) is 5.60. The zero-order valence-corrected chi connectivity index (χ0v) is 9.64. The van der Waals surface area contributed by atoms with E-state index in [1.165, 1.54) is 0 Å². The molecule has 2 atom stereocenters. The van der Waals surface area contributed by atoms with E-state index in [1.807, 2.05) is 44.3 Å². The van der Waals surface area contributed by atoms with Gasteiger partial charge in [-0.1, -0.05) is 19.9 Å². The number of benzene rings is 1. The van der Waals surface area contributed by atoms with E-state index in [1.54, 1.807) is 0 Å². The van der Waals surface area contributed by atoms with Gasteiger partial charge in [-0.3, -0.25) is 0 Å². The number of aliphatic hydroxyl groups excluding tert-OH is 1. The van der Waals surface area contributed by atoms with Gasteiger partial charge in [-0.15, -0.1) is 0 Å². The summed E-state index contributed by atoms with van der Waals surface area (Å²) >= 11 is 0. The molecular formula is C13H18N2O. The lowest BCUT2D eigenvalue weighted by Crippen LogP contribution is -2.30. The van der Waals surface area contributed by atoms with Crippen molar-refractivity contribution in [1.29, 1.82) is 0 Å². The van der Waals surface area contributed by atoms with E-state index >= 15 is 0 Å². The van der Waals surface area contributed by atoms with E-state index in [2.05, 4.69) is 4.98 Å². The summed E-state index contributed by atoms with van der Waals surface area (Å²) in [6.45, 7) is 3.94. The van der Waals surface area contributed by atoms with Gasteiger partial charge in [0, 0.05) is 11.7 Å². The molecule has 0 saturated carbocycles. The summed E-state index contributed by atoms with van der Waals surface area (Å²) in [6, 6.07) is 7.68. The lowest BCUT2D eigenvalue weighted by molar-refractivity contribution is 0.0980. The van der Waals surface area contributed by atoms with Crippen molar-refractivity contribution < 1.29 is 5.11 Å². The summed E-state index contributed by atoms with van der Waals surface area (Å²) in [7, 11) is 0. The molecule has 4 N–H and O–H groups in total. The number of aliphatic hydroxyl groups is 1. The third kappa shape index (κ3) is 1.96. The van der Waals surface area contributed by atoms with Crippen LogP contribution in [0.2, 0.25) is 0 Å². The zero-order valence-electron chi connectivity index (χ0n) is 9.64. The Labute approximate surface area is 95.3 Å². The smallest absolute Gasteiger partial charge is 0.0755 e. The first-order valence-electron chi connectivity index (χ1n) is 5.60. The third-order valence-electron chi connectivity index (χ3n) is 3.01. The molecule has 2 rings (SSSR count). The minimum absolute atomic E-state index is 0.164. The Balaban J connectivity index is 2.32.